The third-order valence-electron chi connectivity index (χ3n) is 5.43. The highest BCUT2D eigenvalue weighted by Crippen LogP contribution is 2.31. The zero-order valence-corrected chi connectivity index (χ0v) is 18.8. The maximum atomic E-state index is 6.27. The molecule has 4 aromatic rings. The van der Waals surface area contributed by atoms with Gasteiger partial charge in [0.1, 0.15) is 22.8 Å². The molecule has 0 spiro atoms. The quantitative estimate of drug-likeness (QED) is 0.301. The lowest BCUT2D eigenvalue weighted by Crippen LogP contribution is -2.33. The Kier molecular flexibility index (Phi) is 5.82. The third kappa shape index (κ3) is 4.20. The van der Waals surface area contributed by atoms with Crippen molar-refractivity contribution in [2.24, 2.45) is 0 Å². The van der Waals surface area contributed by atoms with Crippen LogP contribution in [0.15, 0.2) is 115 Å². The van der Waals surface area contributed by atoms with Crippen LogP contribution in [0.5, 0.6) is 0 Å². The standard InChI is InChI=1S/C29H24NOS/c1-2-30-26-17-9-10-18-28(26)32-29(30)19-11-16-25-20-24(22-12-5-3-6-13-22)21-27(31-25)23-14-7-4-8-15-23/h3-21H,2H2,1H3/q+1/b19-11+,25-16+. The van der Waals surface area contributed by atoms with Crippen LogP contribution in [-0.4, -0.2) is 0 Å². The van der Waals surface area contributed by atoms with Gasteiger partial charge in [0.05, 0.1) is 0 Å². The van der Waals surface area contributed by atoms with Gasteiger partial charge in [-0.3, -0.25) is 0 Å². The molecule has 1 aliphatic rings. The second-order valence-electron chi connectivity index (χ2n) is 7.52. The van der Waals surface area contributed by atoms with Gasteiger partial charge in [0.25, 0.3) is 5.01 Å². The maximum absolute atomic E-state index is 6.27. The molecule has 2 heterocycles. The molecule has 0 bridgehead atoms. The van der Waals surface area contributed by atoms with Crippen molar-refractivity contribution in [3.8, 4) is 0 Å². The number of nitrogens with zero attached hydrogens (tertiary/aromatic N) is 1. The van der Waals surface area contributed by atoms with E-state index in [4.69, 9.17) is 4.74 Å². The summed E-state index contributed by atoms with van der Waals surface area (Å²) in [5.41, 5.74) is 4.66. The van der Waals surface area contributed by atoms with Crippen LogP contribution in [0.3, 0.4) is 0 Å². The molecule has 1 aliphatic heterocycles. The third-order valence-corrected chi connectivity index (χ3v) is 6.56. The smallest absolute Gasteiger partial charge is 0.262 e. The number of aryl methyl sites for hydroxylation is 1. The first-order valence-corrected chi connectivity index (χ1v) is 11.7. The van der Waals surface area contributed by atoms with Crippen LogP contribution in [0.2, 0.25) is 0 Å². The fourth-order valence-electron chi connectivity index (χ4n) is 3.87. The summed E-state index contributed by atoms with van der Waals surface area (Å²) in [4.78, 5) is 0. The molecular formula is C29H24NOS+. The van der Waals surface area contributed by atoms with Crippen LogP contribution < -0.4 is 4.57 Å². The fraction of sp³-hybridized carbons (Fsp3) is 0.0690. The van der Waals surface area contributed by atoms with E-state index in [9.17, 15) is 0 Å². The van der Waals surface area contributed by atoms with Crippen molar-refractivity contribution in [1.29, 1.82) is 0 Å². The van der Waals surface area contributed by atoms with Crippen molar-refractivity contribution in [1.82, 2.24) is 0 Å². The highest BCUT2D eigenvalue weighted by Gasteiger charge is 2.16. The first-order chi connectivity index (χ1) is 15.8. The Balaban J connectivity index is 1.50. The summed E-state index contributed by atoms with van der Waals surface area (Å²) >= 11 is 1.81. The van der Waals surface area contributed by atoms with Crippen LogP contribution in [0.25, 0.3) is 27.6 Å². The van der Waals surface area contributed by atoms with E-state index in [0.717, 1.165) is 29.2 Å². The van der Waals surface area contributed by atoms with Gasteiger partial charge in [-0.1, -0.05) is 90.2 Å². The van der Waals surface area contributed by atoms with Crippen LogP contribution in [0, 0.1) is 0 Å². The molecule has 0 N–H and O–H groups in total. The van der Waals surface area contributed by atoms with Gasteiger partial charge in [0.15, 0.2) is 0 Å². The molecule has 0 saturated heterocycles. The predicted octanol–water partition coefficient (Wildman–Crippen LogP) is 7.26. The molecule has 0 atom stereocenters. The molecule has 2 nitrogen and oxygen atoms in total. The summed E-state index contributed by atoms with van der Waals surface area (Å²) in [6, 6.07) is 29.2. The number of aromatic nitrogens is 1. The van der Waals surface area contributed by atoms with Crippen LogP contribution in [0.4, 0.5) is 0 Å². The topological polar surface area (TPSA) is 13.1 Å². The van der Waals surface area contributed by atoms with Crippen LogP contribution in [0.1, 0.15) is 23.1 Å². The number of hydrogen-bond acceptors (Lipinski definition) is 2. The molecule has 0 aliphatic carbocycles. The van der Waals surface area contributed by atoms with Crippen molar-refractivity contribution < 1.29 is 9.30 Å². The molecule has 0 radical (unpaired) electrons. The highest BCUT2D eigenvalue weighted by atomic mass is 32.1. The Bertz CT molecular complexity index is 1360. The summed E-state index contributed by atoms with van der Waals surface area (Å²) in [7, 11) is 0. The van der Waals surface area contributed by atoms with Gasteiger partial charge in [0.2, 0.25) is 5.52 Å². The van der Waals surface area contributed by atoms with Gasteiger partial charge in [0, 0.05) is 17.7 Å². The minimum absolute atomic E-state index is 0.825. The fourth-order valence-corrected chi connectivity index (χ4v) is 5.01. The summed E-state index contributed by atoms with van der Waals surface area (Å²) in [6.45, 7) is 3.13. The Morgan fingerprint density at radius 1 is 0.812 bits per heavy atom. The van der Waals surface area contributed by atoms with Crippen molar-refractivity contribution in [3.63, 3.8) is 0 Å². The van der Waals surface area contributed by atoms with Crippen LogP contribution >= 0.6 is 11.3 Å². The van der Waals surface area contributed by atoms with E-state index in [-0.39, 0.29) is 0 Å². The molecule has 0 fully saturated rings. The van der Waals surface area contributed by atoms with Crippen molar-refractivity contribution in [2.75, 3.05) is 0 Å². The Morgan fingerprint density at radius 2 is 1.50 bits per heavy atom. The number of hydrogen-bond donors (Lipinski definition) is 0. The summed E-state index contributed by atoms with van der Waals surface area (Å²) in [5.74, 6) is 1.68. The molecule has 3 aromatic carbocycles. The molecule has 1 aromatic heterocycles. The zero-order chi connectivity index (χ0) is 21.8. The van der Waals surface area contributed by atoms with Gasteiger partial charge < -0.3 is 4.74 Å². The Hall–Kier alpha value is -3.69. The van der Waals surface area contributed by atoms with Gasteiger partial charge in [-0.25, -0.2) is 0 Å². The van der Waals surface area contributed by atoms with Gasteiger partial charge in [-0.2, -0.15) is 4.57 Å². The second-order valence-corrected chi connectivity index (χ2v) is 8.59. The molecule has 3 heteroatoms. The number of benzene rings is 3. The van der Waals surface area contributed by atoms with E-state index < -0.39 is 0 Å². The van der Waals surface area contributed by atoms with E-state index >= 15 is 0 Å². The van der Waals surface area contributed by atoms with Crippen molar-refractivity contribution >= 4 is 39.0 Å². The average Bonchev–Trinajstić information content (AvgIpc) is 3.22. The molecule has 0 amide bonds. The monoisotopic (exact) mass is 434 g/mol. The van der Waals surface area contributed by atoms with Crippen LogP contribution in [-0.2, 0) is 11.3 Å². The second kappa shape index (κ2) is 9.21. The van der Waals surface area contributed by atoms with E-state index in [0.29, 0.717) is 0 Å². The lowest BCUT2D eigenvalue weighted by molar-refractivity contribution is -0.665. The van der Waals surface area contributed by atoms with Gasteiger partial charge in [-0.15, -0.1) is 0 Å². The first-order valence-electron chi connectivity index (χ1n) is 10.8. The number of rotatable bonds is 5. The molecule has 0 unspecified atom stereocenters. The van der Waals surface area contributed by atoms with Gasteiger partial charge in [-0.05, 0) is 42.4 Å². The Labute approximate surface area is 192 Å². The summed E-state index contributed by atoms with van der Waals surface area (Å²) in [5, 5.41) is 1.23. The van der Waals surface area contributed by atoms with Crippen molar-refractivity contribution in [2.45, 2.75) is 13.5 Å². The predicted molar refractivity (Wildman–Crippen MR) is 135 cm³/mol. The van der Waals surface area contributed by atoms with Gasteiger partial charge >= 0.3 is 0 Å². The molecule has 156 valence electrons. The molecular weight excluding hydrogens is 410 g/mol. The Morgan fingerprint density at radius 3 is 2.25 bits per heavy atom. The number of allylic oxidation sites excluding steroid dienone is 5. The van der Waals surface area contributed by atoms with E-state index in [1.807, 2.05) is 41.7 Å². The lowest BCUT2D eigenvalue weighted by atomic mass is 10.0. The number of thiazole rings is 1. The molecule has 5 rings (SSSR count). The largest absolute Gasteiger partial charge is 0.457 e. The lowest BCUT2D eigenvalue weighted by Gasteiger charge is -2.18. The van der Waals surface area contributed by atoms with E-state index in [1.165, 1.54) is 20.8 Å². The molecule has 0 saturated carbocycles. The summed E-state index contributed by atoms with van der Waals surface area (Å²) in [6.07, 6.45) is 10.5. The first kappa shape index (κ1) is 20.2. The normalized spacial score (nSPS) is 15.1. The number of para-hydroxylation sites is 1. The summed E-state index contributed by atoms with van der Waals surface area (Å²) < 4.78 is 9.92. The maximum Gasteiger partial charge on any atom is 0.262 e. The molecule has 32 heavy (non-hydrogen) atoms. The zero-order valence-electron chi connectivity index (χ0n) is 17.9. The van der Waals surface area contributed by atoms with E-state index in [1.54, 1.807) is 0 Å². The SMILES string of the molecule is CC[n+]1c(/C=C/C=C2\C=C(c3ccccc3)C=C(c3ccccc3)O2)sc2ccccc21. The average molecular weight is 435 g/mol. The van der Waals surface area contributed by atoms with Crippen molar-refractivity contribution in [3.05, 3.63) is 131 Å². The number of ether oxygens (including phenoxy) is 1. The highest BCUT2D eigenvalue weighted by molar-refractivity contribution is 7.18. The van der Waals surface area contributed by atoms with E-state index in [2.05, 4.69) is 96.5 Å². The minimum Gasteiger partial charge on any atom is -0.457 e. The minimum atomic E-state index is 0.825. The number of fused-ring (bicyclic) bond motifs is 1.